The van der Waals surface area contributed by atoms with E-state index in [1.54, 1.807) is 6.92 Å². The number of hydrogen-bond acceptors (Lipinski definition) is 3. The zero-order chi connectivity index (χ0) is 10.4. The number of aliphatic hydroxyl groups is 1. The molecule has 78 valence electrons. The third-order valence-electron chi connectivity index (χ3n) is 2.13. The fourth-order valence-corrected chi connectivity index (χ4v) is 0.878. The van der Waals surface area contributed by atoms with E-state index in [9.17, 15) is 4.79 Å². The predicted molar refractivity (Wildman–Crippen MR) is 52.1 cm³/mol. The topological polar surface area (TPSA) is 75.4 Å². The molecule has 0 aliphatic carbocycles. The van der Waals surface area contributed by atoms with Crippen molar-refractivity contribution in [2.45, 2.75) is 39.3 Å². The molecule has 0 radical (unpaired) electrons. The molecule has 4 heteroatoms. The smallest absolute Gasteiger partial charge is 0.237 e. The van der Waals surface area contributed by atoms with Crippen LogP contribution < -0.4 is 11.1 Å². The average Bonchev–Trinajstić information content (AvgIpc) is 2.11. The second kappa shape index (κ2) is 5.94. The number of nitrogens with one attached hydrogen (secondary N) is 1. The number of carbonyl (C=O) groups is 1. The summed E-state index contributed by atoms with van der Waals surface area (Å²) >= 11 is 0. The highest BCUT2D eigenvalue weighted by atomic mass is 16.3. The molecule has 0 aromatic rings. The minimum absolute atomic E-state index is 0.175. The molecule has 0 saturated heterocycles. The van der Waals surface area contributed by atoms with Crippen molar-refractivity contribution in [3.05, 3.63) is 0 Å². The van der Waals surface area contributed by atoms with Crippen molar-refractivity contribution in [3.8, 4) is 0 Å². The highest BCUT2D eigenvalue weighted by Gasteiger charge is 2.18. The van der Waals surface area contributed by atoms with Gasteiger partial charge in [0.05, 0.1) is 12.1 Å². The van der Waals surface area contributed by atoms with Gasteiger partial charge in [-0.2, -0.15) is 0 Å². The maximum atomic E-state index is 11.3. The maximum absolute atomic E-state index is 11.3. The largest absolute Gasteiger partial charge is 0.392 e. The summed E-state index contributed by atoms with van der Waals surface area (Å²) in [7, 11) is 0. The van der Waals surface area contributed by atoms with Crippen molar-refractivity contribution in [2.24, 2.45) is 11.7 Å². The normalized spacial score (nSPS) is 17.6. The van der Waals surface area contributed by atoms with Crippen LogP contribution in [0.25, 0.3) is 0 Å². The number of amides is 1. The lowest BCUT2D eigenvalue weighted by Crippen LogP contribution is -2.46. The zero-order valence-corrected chi connectivity index (χ0v) is 8.58. The summed E-state index contributed by atoms with van der Waals surface area (Å²) in [6.45, 7) is 5.82. The predicted octanol–water partition coefficient (Wildman–Crippen LogP) is -0.143. The highest BCUT2D eigenvalue weighted by Crippen LogP contribution is 2.04. The number of hydrogen-bond donors (Lipinski definition) is 3. The Kier molecular flexibility index (Phi) is 5.66. The standard InChI is InChI=1S/C9H20N2O2/c1-4-6(2)8(10)9(13)11-5-7(3)12/h6-8,12H,4-5,10H2,1-3H3,(H,11,13)/t6-,7-,8-/m0/s1. The molecule has 0 aromatic carbocycles. The van der Waals surface area contributed by atoms with Crippen LogP contribution >= 0.6 is 0 Å². The third kappa shape index (κ3) is 4.85. The molecule has 0 heterocycles. The summed E-state index contributed by atoms with van der Waals surface area (Å²) in [5.41, 5.74) is 5.66. The number of carbonyl (C=O) groups excluding carboxylic acids is 1. The van der Waals surface area contributed by atoms with Gasteiger partial charge in [0.25, 0.3) is 0 Å². The molecule has 4 N–H and O–H groups in total. The van der Waals surface area contributed by atoms with Crippen molar-refractivity contribution in [1.29, 1.82) is 0 Å². The summed E-state index contributed by atoms with van der Waals surface area (Å²) in [5.74, 6) is -0.00995. The van der Waals surface area contributed by atoms with E-state index in [0.29, 0.717) is 0 Å². The molecule has 0 aliphatic heterocycles. The van der Waals surface area contributed by atoms with Gasteiger partial charge in [0.2, 0.25) is 5.91 Å². The first-order valence-electron chi connectivity index (χ1n) is 4.70. The van der Waals surface area contributed by atoms with E-state index in [1.165, 1.54) is 0 Å². The number of nitrogens with two attached hydrogens (primary N) is 1. The first kappa shape index (κ1) is 12.4. The van der Waals surface area contributed by atoms with Gasteiger partial charge in [0.1, 0.15) is 0 Å². The Balaban J connectivity index is 3.82. The molecule has 0 fully saturated rings. The van der Waals surface area contributed by atoms with E-state index < -0.39 is 12.1 Å². The minimum Gasteiger partial charge on any atom is -0.392 e. The van der Waals surface area contributed by atoms with Gasteiger partial charge >= 0.3 is 0 Å². The zero-order valence-electron chi connectivity index (χ0n) is 8.58. The Morgan fingerprint density at radius 1 is 1.54 bits per heavy atom. The quantitative estimate of drug-likeness (QED) is 0.562. The summed E-state index contributed by atoms with van der Waals surface area (Å²) in [6, 6.07) is -0.469. The Morgan fingerprint density at radius 3 is 2.46 bits per heavy atom. The van der Waals surface area contributed by atoms with Crippen molar-refractivity contribution >= 4 is 5.91 Å². The van der Waals surface area contributed by atoms with Crippen molar-refractivity contribution in [3.63, 3.8) is 0 Å². The van der Waals surface area contributed by atoms with Crippen molar-refractivity contribution in [2.75, 3.05) is 6.54 Å². The fraction of sp³-hybridized carbons (Fsp3) is 0.889. The summed E-state index contributed by atoms with van der Waals surface area (Å²) in [5, 5.41) is 11.5. The van der Waals surface area contributed by atoms with Gasteiger partial charge in [-0.3, -0.25) is 4.79 Å². The van der Waals surface area contributed by atoms with Crippen LogP contribution in [0.4, 0.5) is 0 Å². The van der Waals surface area contributed by atoms with Gasteiger partial charge in [-0.1, -0.05) is 20.3 Å². The lowest BCUT2D eigenvalue weighted by atomic mass is 9.99. The molecular weight excluding hydrogens is 168 g/mol. The molecule has 4 nitrogen and oxygen atoms in total. The van der Waals surface area contributed by atoms with E-state index in [0.717, 1.165) is 6.42 Å². The minimum atomic E-state index is -0.520. The van der Waals surface area contributed by atoms with E-state index in [1.807, 2.05) is 13.8 Å². The molecular formula is C9H20N2O2. The van der Waals surface area contributed by atoms with Gasteiger partial charge in [0, 0.05) is 6.54 Å². The third-order valence-corrected chi connectivity index (χ3v) is 2.13. The van der Waals surface area contributed by atoms with Crippen molar-refractivity contribution < 1.29 is 9.90 Å². The number of rotatable bonds is 5. The Hall–Kier alpha value is -0.610. The lowest BCUT2D eigenvalue weighted by Gasteiger charge is -2.18. The first-order valence-corrected chi connectivity index (χ1v) is 4.70. The second-order valence-corrected chi connectivity index (χ2v) is 3.51. The fourth-order valence-electron chi connectivity index (χ4n) is 0.878. The molecule has 0 aliphatic rings. The molecule has 0 aromatic heterocycles. The Bertz CT molecular complexity index is 160. The molecule has 1 amide bonds. The van der Waals surface area contributed by atoms with Gasteiger partial charge < -0.3 is 16.2 Å². The Labute approximate surface area is 79.5 Å². The number of aliphatic hydroxyl groups excluding tert-OH is 1. The maximum Gasteiger partial charge on any atom is 0.237 e. The summed E-state index contributed by atoms with van der Waals surface area (Å²) in [4.78, 5) is 11.3. The Morgan fingerprint density at radius 2 is 2.08 bits per heavy atom. The van der Waals surface area contributed by atoms with E-state index >= 15 is 0 Å². The van der Waals surface area contributed by atoms with Crippen LogP contribution in [0.2, 0.25) is 0 Å². The van der Waals surface area contributed by atoms with Gasteiger partial charge in [-0.25, -0.2) is 0 Å². The molecule has 0 saturated carbocycles. The molecule has 0 unspecified atom stereocenters. The van der Waals surface area contributed by atoms with Crippen LogP contribution in [0.5, 0.6) is 0 Å². The highest BCUT2D eigenvalue weighted by molar-refractivity contribution is 5.81. The molecule has 3 atom stereocenters. The van der Waals surface area contributed by atoms with Crippen LogP contribution in [0.1, 0.15) is 27.2 Å². The SMILES string of the molecule is CC[C@H](C)[C@H](N)C(=O)NC[C@H](C)O. The van der Waals surface area contributed by atoms with Gasteiger partial charge in [-0.15, -0.1) is 0 Å². The average molecular weight is 188 g/mol. The van der Waals surface area contributed by atoms with E-state index in [4.69, 9.17) is 10.8 Å². The molecule has 0 spiro atoms. The second-order valence-electron chi connectivity index (χ2n) is 3.51. The molecule has 0 rings (SSSR count). The van der Waals surface area contributed by atoms with Crippen molar-refractivity contribution in [1.82, 2.24) is 5.32 Å². The van der Waals surface area contributed by atoms with E-state index in [-0.39, 0.29) is 18.4 Å². The van der Waals surface area contributed by atoms with Gasteiger partial charge in [0.15, 0.2) is 0 Å². The van der Waals surface area contributed by atoms with Crippen LogP contribution in [0, 0.1) is 5.92 Å². The lowest BCUT2D eigenvalue weighted by molar-refractivity contribution is -0.123. The van der Waals surface area contributed by atoms with Crippen LogP contribution in [-0.2, 0) is 4.79 Å². The molecule has 0 bridgehead atoms. The van der Waals surface area contributed by atoms with Crippen LogP contribution in [-0.4, -0.2) is 29.7 Å². The van der Waals surface area contributed by atoms with Crippen LogP contribution in [0.15, 0.2) is 0 Å². The van der Waals surface area contributed by atoms with Crippen LogP contribution in [0.3, 0.4) is 0 Å². The summed E-state index contributed by atoms with van der Waals surface area (Å²) in [6.07, 6.45) is 0.358. The summed E-state index contributed by atoms with van der Waals surface area (Å²) < 4.78 is 0. The van der Waals surface area contributed by atoms with Gasteiger partial charge in [-0.05, 0) is 12.8 Å². The van der Waals surface area contributed by atoms with E-state index in [2.05, 4.69) is 5.32 Å². The first-order chi connectivity index (χ1) is 5.99. The molecule has 13 heavy (non-hydrogen) atoms. The monoisotopic (exact) mass is 188 g/mol.